The number of carboxylic acids is 1. The van der Waals surface area contributed by atoms with Gasteiger partial charge >= 0.3 is 12.0 Å². The minimum Gasteiger partial charge on any atom is -0.480 e. The third-order valence-electron chi connectivity index (χ3n) is 3.05. The number of primary amides is 1. The van der Waals surface area contributed by atoms with Gasteiger partial charge in [0.15, 0.2) is 0 Å². The van der Waals surface area contributed by atoms with Crippen molar-refractivity contribution in [3.05, 3.63) is 0 Å². The molecule has 1 heterocycles. The summed E-state index contributed by atoms with van der Waals surface area (Å²) in [6, 6.07) is -1.38. The first-order valence-electron chi connectivity index (χ1n) is 6.04. The summed E-state index contributed by atoms with van der Waals surface area (Å²) >= 11 is 1.77. The molecule has 0 aromatic heterocycles. The van der Waals surface area contributed by atoms with Crippen LogP contribution in [-0.4, -0.2) is 58.6 Å². The van der Waals surface area contributed by atoms with Crippen molar-refractivity contribution < 1.29 is 19.5 Å². The number of nitrogens with one attached hydrogen (secondary N) is 1. The molecule has 1 aliphatic rings. The van der Waals surface area contributed by atoms with E-state index in [-0.39, 0.29) is 18.9 Å². The van der Waals surface area contributed by atoms with Crippen molar-refractivity contribution in [3.63, 3.8) is 0 Å². The van der Waals surface area contributed by atoms with Crippen molar-refractivity contribution in [2.75, 3.05) is 18.6 Å². The first kappa shape index (κ1) is 15.6. The summed E-state index contributed by atoms with van der Waals surface area (Å²) in [5, 5.41) is 11.4. The lowest BCUT2D eigenvalue weighted by molar-refractivity contribution is -0.139. The minimum absolute atomic E-state index is 0.00363. The number of thioether (sulfide) groups is 1. The summed E-state index contributed by atoms with van der Waals surface area (Å²) in [5.74, 6) is 0.125. The monoisotopic (exact) mass is 289 g/mol. The Morgan fingerprint density at radius 1 is 1.53 bits per heavy atom. The molecule has 1 saturated heterocycles. The average molecular weight is 289 g/mol. The number of carbonyl (C=O) groups excluding carboxylic acids is 2. The molecule has 0 aliphatic carbocycles. The third kappa shape index (κ3) is 4.98. The number of hydrogen-bond donors (Lipinski definition) is 3. The Morgan fingerprint density at radius 2 is 2.21 bits per heavy atom. The van der Waals surface area contributed by atoms with E-state index < -0.39 is 23.9 Å². The molecular formula is C11H19N3O4S. The molecule has 0 radical (unpaired) electrons. The Bertz CT molecular complexity index is 358. The highest BCUT2D eigenvalue weighted by Gasteiger charge is 2.27. The van der Waals surface area contributed by atoms with E-state index in [4.69, 9.17) is 10.8 Å². The second-order valence-corrected chi connectivity index (χ2v) is 5.62. The van der Waals surface area contributed by atoms with Crippen LogP contribution in [0.25, 0.3) is 0 Å². The maximum atomic E-state index is 11.9. The van der Waals surface area contributed by atoms with E-state index in [1.54, 1.807) is 18.8 Å². The fraction of sp³-hybridized carbons (Fsp3) is 0.727. The van der Waals surface area contributed by atoms with Crippen molar-refractivity contribution >= 4 is 29.7 Å². The van der Waals surface area contributed by atoms with Crippen LogP contribution in [-0.2, 0) is 9.59 Å². The largest absolute Gasteiger partial charge is 0.480 e. The number of rotatable bonds is 6. The van der Waals surface area contributed by atoms with Crippen molar-refractivity contribution in [2.24, 2.45) is 5.73 Å². The van der Waals surface area contributed by atoms with Gasteiger partial charge in [-0.2, -0.15) is 11.8 Å². The predicted molar refractivity (Wildman–Crippen MR) is 71.9 cm³/mol. The van der Waals surface area contributed by atoms with Gasteiger partial charge in [0.2, 0.25) is 5.91 Å². The quantitative estimate of drug-likeness (QED) is 0.629. The normalized spacial score (nSPS) is 19.7. The standard InChI is InChI=1S/C11H19N3O4S/c1-14(7-4-5-19-6-7)11(18)13-8(10(16)17)2-3-9(12)15/h7-8H,2-6H2,1H3,(H2,12,15)(H,13,18)(H,16,17). The molecule has 0 aromatic rings. The topological polar surface area (TPSA) is 113 Å². The molecule has 0 spiro atoms. The van der Waals surface area contributed by atoms with Crippen LogP contribution < -0.4 is 11.1 Å². The number of nitrogens with zero attached hydrogens (tertiary/aromatic N) is 1. The van der Waals surface area contributed by atoms with Crippen LogP contribution in [0.5, 0.6) is 0 Å². The van der Waals surface area contributed by atoms with Gasteiger partial charge in [0.25, 0.3) is 0 Å². The number of amides is 3. The zero-order chi connectivity index (χ0) is 14.4. The highest BCUT2D eigenvalue weighted by molar-refractivity contribution is 7.99. The molecule has 0 aromatic carbocycles. The van der Waals surface area contributed by atoms with Gasteiger partial charge < -0.3 is 21.1 Å². The van der Waals surface area contributed by atoms with Gasteiger partial charge in [0, 0.05) is 25.3 Å². The molecule has 2 atom stereocenters. The lowest BCUT2D eigenvalue weighted by Crippen LogP contribution is -2.50. The minimum atomic E-state index is -1.16. The molecule has 1 rings (SSSR count). The number of carbonyl (C=O) groups is 3. The smallest absolute Gasteiger partial charge is 0.326 e. The van der Waals surface area contributed by atoms with Crippen molar-refractivity contribution in [2.45, 2.75) is 31.3 Å². The molecule has 108 valence electrons. The van der Waals surface area contributed by atoms with E-state index in [0.717, 1.165) is 17.9 Å². The summed E-state index contributed by atoms with van der Waals surface area (Å²) in [6.45, 7) is 0. The lowest BCUT2D eigenvalue weighted by Gasteiger charge is -2.26. The predicted octanol–water partition coefficient (Wildman–Crippen LogP) is -0.148. The van der Waals surface area contributed by atoms with Gasteiger partial charge in [-0.3, -0.25) is 4.79 Å². The zero-order valence-corrected chi connectivity index (χ0v) is 11.6. The Labute approximate surface area is 115 Å². The van der Waals surface area contributed by atoms with Gasteiger partial charge in [-0.25, -0.2) is 9.59 Å². The fourth-order valence-corrected chi connectivity index (χ4v) is 3.06. The molecule has 0 saturated carbocycles. The van der Waals surface area contributed by atoms with Crippen LogP contribution in [0.4, 0.5) is 4.79 Å². The van der Waals surface area contributed by atoms with E-state index in [1.807, 2.05) is 0 Å². The van der Waals surface area contributed by atoms with Gasteiger partial charge in [0.1, 0.15) is 6.04 Å². The SMILES string of the molecule is CN(C(=O)NC(CCC(N)=O)C(=O)O)C1CCSC1. The number of hydrogen-bond acceptors (Lipinski definition) is 4. The van der Waals surface area contributed by atoms with E-state index in [9.17, 15) is 14.4 Å². The van der Waals surface area contributed by atoms with Crippen LogP contribution in [0.1, 0.15) is 19.3 Å². The highest BCUT2D eigenvalue weighted by Crippen LogP contribution is 2.21. The fourth-order valence-electron chi connectivity index (χ4n) is 1.79. The van der Waals surface area contributed by atoms with E-state index in [2.05, 4.69) is 5.32 Å². The second-order valence-electron chi connectivity index (χ2n) is 4.47. The number of nitrogens with two attached hydrogens (primary N) is 1. The molecule has 1 aliphatic heterocycles. The van der Waals surface area contributed by atoms with Gasteiger partial charge in [-0.15, -0.1) is 0 Å². The molecule has 4 N–H and O–H groups in total. The van der Waals surface area contributed by atoms with Gasteiger partial charge in [0.05, 0.1) is 0 Å². The van der Waals surface area contributed by atoms with Crippen LogP contribution in [0, 0.1) is 0 Å². The van der Waals surface area contributed by atoms with Gasteiger partial charge in [-0.05, 0) is 18.6 Å². The maximum absolute atomic E-state index is 11.9. The zero-order valence-electron chi connectivity index (χ0n) is 10.8. The summed E-state index contributed by atoms with van der Waals surface area (Å²) in [7, 11) is 1.65. The maximum Gasteiger partial charge on any atom is 0.326 e. The number of aliphatic carboxylic acids is 1. The van der Waals surface area contributed by atoms with Gasteiger partial charge in [-0.1, -0.05) is 0 Å². The van der Waals surface area contributed by atoms with E-state index in [0.29, 0.717) is 0 Å². The number of carboxylic acid groups (broad SMARTS) is 1. The van der Waals surface area contributed by atoms with E-state index in [1.165, 1.54) is 4.90 Å². The van der Waals surface area contributed by atoms with Crippen molar-refractivity contribution in [1.82, 2.24) is 10.2 Å². The Balaban J connectivity index is 2.50. The van der Waals surface area contributed by atoms with Crippen molar-refractivity contribution in [1.29, 1.82) is 0 Å². The van der Waals surface area contributed by atoms with Crippen molar-refractivity contribution in [3.8, 4) is 0 Å². The second kappa shape index (κ2) is 7.22. The molecule has 19 heavy (non-hydrogen) atoms. The lowest BCUT2D eigenvalue weighted by atomic mass is 10.1. The molecule has 1 fully saturated rings. The highest BCUT2D eigenvalue weighted by atomic mass is 32.2. The Hall–Kier alpha value is -1.44. The molecule has 8 heteroatoms. The first-order chi connectivity index (χ1) is 8.91. The van der Waals surface area contributed by atoms with Crippen LogP contribution in [0.3, 0.4) is 0 Å². The molecular weight excluding hydrogens is 270 g/mol. The molecule has 0 bridgehead atoms. The van der Waals surface area contributed by atoms with Crippen LogP contribution >= 0.6 is 11.8 Å². The van der Waals surface area contributed by atoms with Crippen LogP contribution in [0.2, 0.25) is 0 Å². The Morgan fingerprint density at radius 3 is 2.68 bits per heavy atom. The summed E-state index contributed by atoms with van der Waals surface area (Å²) in [4.78, 5) is 35.1. The molecule has 3 amide bonds. The third-order valence-corrected chi connectivity index (χ3v) is 4.19. The number of urea groups is 1. The first-order valence-corrected chi connectivity index (χ1v) is 7.19. The Kier molecular flexibility index (Phi) is 5.94. The van der Waals surface area contributed by atoms with E-state index >= 15 is 0 Å². The summed E-state index contributed by atoms with van der Waals surface area (Å²) in [5.41, 5.74) is 4.97. The molecule has 7 nitrogen and oxygen atoms in total. The summed E-state index contributed by atoms with van der Waals surface area (Å²) in [6.07, 6.45) is 0.845. The molecule has 2 unspecified atom stereocenters. The summed E-state index contributed by atoms with van der Waals surface area (Å²) < 4.78 is 0. The average Bonchev–Trinajstić information content (AvgIpc) is 2.86. The van der Waals surface area contributed by atoms with Crippen LogP contribution in [0.15, 0.2) is 0 Å².